The Morgan fingerprint density at radius 3 is 2.43 bits per heavy atom. The lowest BCUT2D eigenvalue weighted by Crippen LogP contribution is -2.27. The van der Waals surface area contributed by atoms with E-state index in [1.807, 2.05) is 42.5 Å². The van der Waals surface area contributed by atoms with Crippen LogP contribution in [-0.4, -0.2) is 20.8 Å². The van der Waals surface area contributed by atoms with E-state index in [2.05, 4.69) is 25.9 Å². The number of nitrogens with zero attached hydrogens (tertiary/aromatic N) is 3. The van der Waals surface area contributed by atoms with E-state index in [0.29, 0.717) is 29.7 Å². The van der Waals surface area contributed by atoms with Crippen LogP contribution in [0.4, 0.5) is 5.95 Å². The van der Waals surface area contributed by atoms with Crippen LogP contribution in [0.2, 0.25) is 0 Å². The second-order valence-corrected chi connectivity index (χ2v) is 6.35. The van der Waals surface area contributed by atoms with Crippen LogP contribution in [0.1, 0.15) is 21.6 Å². The van der Waals surface area contributed by atoms with Gasteiger partial charge >= 0.3 is 0 Å². The molecule has 1 aliphatic rings. The van der Waals surface area contributed by atoms with Crippen LogP contribution in [0.25, 0.3) is 10.9 Å². The Kier molecular flexibility index (Phi) is 3.27. The summed E-state index contributed by atoms with van der Waals surface area (Å²) in [4.78, 5) is 23.2. The molecule has 2 N–H and O–H groups in total. The number of nitrogens with two attached hydrogens (primary N) is 1. The molecule has 0 spiro atoms. The van der Waals surface area contributed by atoms with Gasteiger partial charge in [0, 0.05) is 22.9 Å². The molecule has 5 nitrogen and oxygen atoms in total. The zero-order chi connectivity index (χ0) is 16.0. The van der Waals surface area contributed by atoms with Gasteiger partial charge in [0.2, 0.25) is 5.95 Å². The van der Waals surface area contributed by atoms with E-state index in [4.69, 9.17) is 5.73 Å². The minimum Gasteiger partial charge on any atom is -0.368 e. The lowest BCUT2D eigenvalue weighted by Gasteiger charge is -2.16. The summed E-state index contributed by atoms with van der Waals surface area (Å²) in [6.07, 6.45) is 0. The lowest BCUT2D eigenvalue weighted by molar-refractivity contribution is 0.0747. The zero-order valence-electron chi connectivity index (χ0n) is 12.2. The SMILES string of the molecule is Nc1nc(C(=O)N2Cc3ccccc3C2)c2c(Br)cccc2n1. The van der Waals surface area contributed by atoms with Crippen LogP contribution in [0.3, 0.4) is 0 Å². The number of rotatable bonds is 1. The Labute approximate surface area is 141 Å². The van der Waals surface area contributed by atoms with E-state index in [9.17, 15) is 4.79 Å². The van der Waals surface area contributed by atoms with Gasteiger partial charge in [0.1, 0.15) is 5.69 Å². The molecule has 1 aromatic heterocycles. The topological polar surface area (TPSA) is 72.1 Å². The number of amides is 1. The molecule has 0 bridgehead atoms. The highest BCUT2D eigenvalue weighted by Crippen LogP contribution is 2.29. The maximum absolute atomic E-state index is 13.0. The first-order valence-corrected chi connectivity index (χ1v) is 8.00. The first-order valence-electron chi connectivity index (χ1n) is 7.21. The number of aromatic nitrogens is 2. The fourth-order valence-corrected chi connectivity index (χ4v) is 3.48. The Hall–Kier alpha value is -2.47. The van der Waals surface area contributed by atoms with Crippen LogP contribution in [0.15, 0.2) is 46.9 Å². The van der Waals surface area contributed by atoms with E-state index in [0.717, 1.165) is 4.47 Å². The van der Waals surface area contributed by atoms with Crippen molar-refractivity contribution in [2.24, 2.45) is 0 Å². The summed E-state index contributed by atoms with van der Waals surface area (Å²) in [5, 5.41) is 0.697. The molecule has 0 saturated carbocycles. The predicted molar refractivity (Wildman–Crippen MR) is 91.7 cm³/mol. The van der Waals surface area contributed by atoms with E-state index in [1.54, 1.807) is 4.90 Å². The minimum atomic E-state index is -0.132. The molecule has 0 fully saturated rings. The lowest BCUT2D eigenvalue weighted by atomic mass is 10.1. The smallest absolute Gasteiger partial charge is 0.273 e. The summed E-state index contributed by atoms with van der Waals surface area (Å²) in [6.45, 7) is 1.18. The number of nitrogen functional groups attached to an aromatic ring is 1. The number of hydrogen-bond acceptors (Lipinski definition) is 4. The van der Waals surface area contributed by atoms with Crippen molar-refractivity contribution in [2.45, 2.75) is 13.1 Å². The summed E-state index contributed by atoms with van der Waals surface area (Å²) in [5.74, 6) is -0.0251. The Morgan fingerprint density at radius 2 is 1.74 bits per heavy atom. The molecule has 1 amide bonds. The van der Waals surface area contributed by atoms with Gasteiger partial charge in [0.05, 0.1) is 5.52 Å². The largest absolute Gasteiger partial charge is 0.368 e. The van der Waals surface area contributed by atoms with Crippen molar-refractivity contribution in [3.63, 3.8) is 0 Å². The van der Waals surface area contributed by atoms with Crippen LogP contribution in [0, 0.1) is 0 Å². The summed E-state index contributed by atoms with van der Waals surface area (Å²) >= 11 is 3.49. The van der Waals surface area contributed by atoms with E-state index in [-0.39, 0.29) is 11.9 Å². The van der Waals surface area contributed by atoms with Crippen molar-refractivity contribution >= 4 is 38.7 Å². The normalized spacial score (nSPS) is 13.3. The molecule has 0 unspecified atom stereocenters. The molecule has 23 heavy (non-hydrogen) atoms. The van der Waals surface area contributed by atoms with Crippen LogP contribution in [0.5, 0.6) is 0 Å². The molecule has 2 aromatic carbocycles. The van der Waals surface area contributed by atoms with E-state index >= 15 is 0 Å². The van der Waals surface area contributed by atoms with Gasteiger partial charge in [0.25, 0.3) is 5.91 Å². The first-order chi connectivity index (χ1) is 11.1. The molecular weight excluding hydrogens is 356 g/mol. The number of halogens is 1. The minimum absolute atomic E-state index is 0.107. The van der Waals surface area contributed by atoms with Gasteiger partial charge in [-0.05, 0) is 23.3 Å². The molecule has 3 aromatic rings. The standard InChI is InChI=1S/C17H13BrN4O/c18-12-6-3-7-13-14(12)15(21-17(19)20-13)16(23)22-8-10-4-1-2-5-11(10)9-22/h1-7H,8-9H2,(H2,19,20,21). The summed E-state index contributed by atoms with van der Waals surface area (Å²) in [6, 6.07) is 13.6. The first kappa shape index (κ1) is 14.1. The number of benzene rings is 2. The van der Waals surface area contributed by atoms with Crippen molar-refractivity contribution in [2.75, 3.05) is 5.73 Å². The Bertz CT molecular complexity index is 916. The van der Waals surface area contributed by atoms with Crippen molar-refractivity contribution in [1.29, 1.82) is 0 Å². The van der Waals surface area contributed by atoms with Crippen molar-refractivity contribution < 1.29 is 4.79 Å². The molecular formula is C17H13BrN4O. The molecule has 114 valence electrons. The maximum atomic E-state index is 13.0. The van der Waals surface area contributed by atoms with Gasteiger partial charge in [-0.2, -0.15) is 0 Å². The summed E-state index contributed by atoms with van der Waals surface area (Å²) in [5.41, 5.74) is 9.13. The monoisotopic (exact) mass is 368 g/mol. The third kappa shape index (κ3) is 2.35. The third-order valence-electron chi connectivity index (χ3n) is 4.02. The molecule has 1 aliphatic heterocycles. The highest BCUT2D eigenvalue weighted by Gasteiger charge is 2.27. The van der Waals surface area contributed by atoms with Gasteiger partial charge in [-0.1, -0.05) is 46.3 Å². The van der Waals surface area contributed by atoms with Crippen LogP contribution < -0.4 is 5.73 Å². The van der Waals surface area contributed by atoms with Crippen molar-refractivity contribution in [3.05, 3.63) is 63.8 Å². The zero-order valence-corrected chi connectivity index (χ0v) is 13.7. The average Bonchev–Trinajstić information content (AvgIpc) is 2.97. The summed E-state index contributed by atoms with van der Waals surface area (Å²) < 4.78 is 0.787. The van der Waals surface area contributed by atoms with Gasteiger partial charge in [0.15, 0.2) is 0 Å². The molecule has 0 aliphatic carbocycles. The highest BCUT2D eigenvalue weighted by molar-refractivity contribution is 9.10. The quantitative estimate of drug-likeness (QED) is 0.715. The number of fused-ring (bicyclic) bond motifs is 2. The molecule has 2 heterocycles. The Morgan fingerprint density at radius 1 is 1.04 bits per heavy atom. The van der Waals surface area contributed by atoms with Gasteiger partial charge in [-0.15, -0.1) is 0 Å². The third-order valence-corrected chi connectivity index (χ3v) is 4.68. The molecule has 0 atom stereocenters. The average molecular weight is 369 g/mol. The second-order valence-electron chi connectivity index (χ2n) is 5.49. The highest BCUT2D eigenvalue weighted by atomic mass is 79.9. The number of anilines is 1. The van der Waals surface area contributed by atoms with Gasteiger partial charge < -0.3 is 10.6 Å². The van der Waals surface area contributed by atoms with Crippen molar-refractivity contribution in [3.8, 4) is 0 Å². The van der Waals surface area contributed by atoms with E-state index in [1.165, 1.54) is 11.1 Å². The van der Waals surface area contributed by atoms with Gasteiger partial charge in [-0.25, -0.2) is 9.97 Å². The molecule has 4 rings (SSSR count). The molecule has 0 radical (unpaired) electrons. The van der Waals surface area contributed by atoms with E-state index < -0.39 is 0 Å². The summed E-state index contributed by atoms with van der Waals surface area (Å²) in [7, 11) is 0. The molecule has 0 saturated heterocycles. The number of carbonyl (C=O) groups excluding carboxylic acids is 1. The fraction of sp³-hybridized carbons (Fsp3) is 0.118. The number of hydrogen-bond donors (Lipinski definition) is 1. The second kappa shape index (κ2) is 5.31. The fourth-order valence-electron chi connectivity index (χ4n) is 2.94. The van der Waals surface area contributed by atoms with Crippen molar-refractivity contribution in [1.82, 2.24) is 14.9 Å². The Balaban J connectivity index is 1.80. The van der Waals surface area contributed by atoms with Crippen LogP contribution in [-0.2, 0) is 13.1 Å². The van der Waals surface area contributed by atoms with Crippen LogP contribution >= 0.6 is 15.9 Å². The van der Waals surface area contributed by atoms with Gasteiger partial charge in [-0.3, -0.25) is 4.79 Å². The molecule has 6 heteroatoms. The maximum Gasteiger partial charge on any atom is 0.273 e. The number of carbonyl (C=O) groups is 1. The predicted octanol–water partition coefficient (Wildman–Crippen LogP) is 3.13.